The van der Waals surface area contributed by atoms with Crippen LogP contribution in [0.2, 0.25) is 0 Å². The molecule has 0 unspecified atom stereocenters. The summed E-state index contributed by atoms with van der Waals surface area (Å²) < 4.78 is 1.85. The zero-order chi connectivity index (χ0) is 15.2. The first-order valence-corrected chi connectivity index (χ1v) is 7.49. The van der Waals surface area contributed by atoms with Gasteiger partial charge in [-0.05, 0) is 31.4 Å². The van der Waals surface area contributed by atoms with Gasteiger partial charge in [0, 0.05) is 18.4 Å². The molecule has 21 heavy (non-hydrogen) atoms. The van der Waals surface area contributed by atoms with Gasteiger partial charge in [-0.15, -0.1) is 11.3 Å². The summed E-state index contributed by atoms with van der Waals surface area (Å²) in [5, 5.41) is 21.4. The number of aromatic nitrogens is 2. The molecular formula is C14H17N5OS. The van der Waals surface area contributed by atoms with Crippen molar-refractivity contribution in [1.29, 1.82) is 5.26 Å². The van der Waals surface area contributed by atoms with Crippen molar-refractivity contribution in [3.05, 3.63) is 35.5 Å². The van der Waals surface area contributed by atoms with Gasteiger partial charge in [-0.2, -0.15) is 10.4 Å². The second-order valence-electron chi connectivity index (χ2n) is 4.72. The molecule has 2 atom stereocenters. The van der Waals surface area contributed by atoms with Crippen LogP contribution in [0.5, 0.6) is 0 Å². The minimum absolute atomic E-state index is 0.0921. The van der Waals surface area contributed by atoms with E-state index in [0.717, 1.165) is 0 Å². The normalized spacial score (nSPS) is 13.4. The van der Waals surface area contributed by atoms with Crippen LogP contribution in [0, 0.1) is 11.3 Å². The average molecular weight is 303 g/mol. The Hall–Kier alpha value is -2.17. The number of carbonyl (C=O) groups is 1. The van der Waals surface area contributed by atoms with Crippen LogP contribution in [0.25, 0.3) is 0 Å². The summed E-state index contributed by atoms with van der Waals surface area (Å²) in [5.74, 6) is -0.159. The molecule has 2 heterocycles. The van der Waals surface area contributed by atoms with Gasteiger partial charge in [-0.3, -0.25) is 9.48 Å². The highest BCUT2D eigenvalue weighted by atomic mass is 32.1. The highest BCUT2D eigenvalue weighted by Gasteiger charge is 2.15. The molecule has 1 amide bonds. The highest BCUT2D eigenvalue weighted by Crippen LogP contribution is 2.21. The molecular weight excluding hydrogens is 286 g/mol. The number of thiophene rings is 1. The minimum Gasteiger partial charge on any atom is -0.315 e. The number of hydrogen-bond donors (Lipinski definition) is 2. The summed E-state index contributed by atoms with van der Waals surface area (Å²) in [5.41, 5.74) is 0.492. The lowest BCUT2D eigenvalue weighted by Gasteiger charge is -2.21. The van der Waals surface area contributed by atoms with E-state index >= 15 is 0 Å². The first-order chi connectivity index (χ1) is 10.1. The molecule has 6 nitrogen and oxygen atoms in total. The third-order valence-electron chi connectivity index (χ3n) is 3.29. The Labute approximate surface area is 127 Å². The minimum atomic E-state index is -0.159. The number of nitrogens with zero attached hydrogens (tertiary/aromatic N) is 3. The number of rotatable bonds is 6. The molecule has 0 aliphatic carbocycles. The molecule has 0 aliphatic heterocycles. The highest BCUT2D eigenvalue weighted by molar-refractivity contribution is 7.14. The molecule has 7 heteroatoms. The molecule has 2 rings (SSSR count). The Morgan fingerprint density at radius 1 is 1.57 bits per heavy atom. The van der Waals surface area contributed by atoms with Crippen LogP contribution in [0.15, 0.2) is 29.9 Å². The van der Waals surface area contributed by atoms with E-state index in [2.05, 4.69) is 15.7 Å². The molecule has 110 valence electrons. The molecule has 0 aromatic carbocycles. The predicted molar refractivity (Wildman–Crippen MR) is 82.1 cm³/mol. The molecule has 0 radical (unpaired) electrons. The van der Waals surface area contributed by atoms with Gasteiger partial charge in [0.15, 0.2) is 0 Å². The van der Waals surface area contributed by atoms with E-state index in [1.165, 1.54) is 11.3 Å². The topological polar surface area (TPSA) is 82.7 Å². The third-order valence-corrected chi connectivity index (χ3v) is 4.12. The van der Waals surface area contributed by atoms with Crippen molar-refractivity contribution in [2.75, 3.05) is 11.9 Å². The van der Waals surface area contributed by atoms with Crippen LogP contribution in [0.3, 0.4) is 0 Å². The first-order valence-electron chi connectivity index (χ1n) is 6.61. The molecule has 0 aliphatic rings. The summed E-state index contributed by atoms with van der Waals surface area (Å²) in [6, 6.07) is 5.84. The SMILES string of the molecule is C[C@H](NCC(=O)Nc1sccc1C#N)[C@@H](C)n1cccn1. The van der Waals surface area contributed by atoms with Crippen LogP contribution in [-0.2, 0) is 4.79 Å². The summed E-state index contributed by atoms with van der Waals surface area (Å²) in [6.07, 6.45) is 3.63. The van der Waals surface area contributed by atoms with Crippen molar-refractivity contribution in [2.45, 2.75) is 25.9 Å². The molecule has 2 aromatic heterocycles. The maximum Gasteiger partial charge on any atom is 0.238 e. The predicted octanol–water partition coefficient (Wildman–Crippen LogP) is 1.99. The fraction of sp³-hybridized carbons (Fsp3) is 0.357. The number of carbonyl (C=O) groups excluding carboxylic acids is 1. The van der Waals surface area contributed by atoms with Crippen LogP contribution < -0.4 is 10.6 Å². The number of amides is 1. The van der Waals surface area contributed by atoms with E-state index in [0.29, 0.717) is 10.6 Å². The van der Waals surface area contributed by atoms with Crippen LogP contribution in [0.4, 0.5) is 5.00 Å². The van der Waals surface area contributed by atoms with Crippen molar-refractivity contribution in [3.8, 4) is 6.07 Å². The van der Waals surface area contributed by atoms with Crippen molar-refractivity contribution >= 4 is 22.2 Å². The Morgan fingerprint density at radius 3 is 3.05 bits per heavy atom. The summed E-state index contributed by atoms with van der Waals surface area (Å²) in [4.78, 5) is 11.9. The van der Waals surface area contributed by atoms with E-state index < -0.39 is 0 Å². The quantitative estimate of drug-likeness (QED) is 0.855. The van der Waals surface area contributed by atoms with E-state index in [1.54, 1.807) is 17.6 Å². The van der Waals surface area contributed by atoms with Gasteiger partial charge in [0.25, 0.3) is 0 Å². The smallest absolute Gasteiger partial charge is 0.238 e. The Morgan fingerprint density at radius 2 is 2.38 bits per heavy atom. The number of nitrogens with one attached hydrogen (secondary N) is 2. The number of anilines is 1. The van der Waals surface area contributed by atoms with Gasteiger partial charge in [0.1, 0.15) is 11.1 Å². The van der Waals surface area contributed by atoms with Gasteiger partial charge < -0.3 is 10.6 Å². The van der Waals surface area contributed by atoms with Gasteiger partial charge >= 0.3 is 0 Å². The Bertz CT molecular complexity index is 628. The second-order valence-corrected chi connectivity index (χ2v) is 5.64. The molecule has 0 saturated carbocycles. The van der Waals surface area contributed by atoms with Gasteiger partial charge in [-0.1, -0.05) is 0 Å². The van der Waals surface area contributed by atoms with E-state index in [1.807, 2.05) is 36.9 Å². The average Bonchev–Trinajstić information content (AvgIpc) is 3.14. The van der Waals surface area contributed by atoms with Gasteiger partial charge in [0.2, 0.25) is 5.91 Å². The standard InChI is InChI=1S/C14H17N5OS/c1-10(11(2)19-6-3-5-17-19)16-9-13(20)18-14-12(8-15)4-7-21-14/h3-7,10-11,16H,9H2,1-2H3,(H,18,20)/t10-,11+/m0/s1. The molecule has 2 N–H and O–H groups in total. The van der Waals surface area contributed by atoms with Gasteiger partial charge in [-0.25, -0.2) is 0 Å². The summed E-state index contributed by atoms with van der Waals surface area (Å²) in [6.45, 7) is 4.23. The Balaban J connectivity index is 1.83. The maximum atomic E-state index is 11.9. The van der Waals surface area contributed by atoms with Gasteiger partial charge in [0.05, 0.1) is 18.2 Å². The zero-order valence-corrected chi connectivity index (χ0v) is 12.7. The van der Waals surface area contributed by atoms with Crippen molar-refractivity contribution in [3.63, 3.8) is 0 Å². The molecule has 0 saturated heterocycles. The fourth-order valence-electron chi connectivity index (χ4n) is 1.84. The number of nitriles is 1. The van der Waals surface area contributed by atoms with Crippen molar-refractivity contribution < 1.29 is 4.79 Å². The lowest BCUT2D eigenvalue weighted by Crippen LogP contribution is -2.39. The third kappa shape index (κ3) is 3.90. The van der Waals surface area contributed by atoms with E-state index in [-0.39, 0.29) is 24.5 Å². The molecule has 0 fully saturated rings. The second kappa shape index (κ2) is 7.02. The zero-order valence-electron chi connectivity index (χ0n) is 11.9. The van der Waals surface area contributed by atoms with Crippen LogP contribution in [0.1, 0.15) is 25.5 Å². The van der Waals surface area contributed by atoms with Crippen LogP contribution >= 0.6 is 11.3 Å². The van der Waals surface area contributed by atoms with E-state index in [4.69, 9.17) is 5.26 Å². The van der Waals surface area contributed by atoms with Crippen LogP contribution in [-0.4, -0.2) is 28.3 Å². The van der Waals surface area contributed by atoms with Crippen molar-refractivity contribution in [1.82, 2.24) is 15.1 Å². The monoisotopic (exact) mass is 303 g/mol. The number of hydrogen-bond acceptors (Lipinski definition) is 5. The Kier molecular flexibility index (Phi) is 5.09. The van der Waals surface area contributed by atoms with Crippen molar-refractivity contribution in [2.24, 2.45) is 0 Å². The molecule has 2 aromatic rings. The summed E-state index contributed by atoms with van der Waals surface area (Å²) in [7, 11) is 0. The van der Waals surface area contributed by atoms with E-state index in [9.17, 15) is 4.79 Å². The molecule has 0 spiro atoms. The fourth-order valence-corrected chi connectivity index (χ4v) is 2.59. The lowest BCUT2D eigenvalue weighted by atomic mass is 10.2. The first kappa shape index (κ1) is 15.2. The maximum absolute atomic E-state index is 11.9. The summed E-state index contributed by atoms with van der Waals surface area (Å²) >= 11 is 1.34. The molecule has 0 bridgehead atoms. The lowest BCUT2D eigenvalue weighted by molar-refractivity contribution is -0.115. The largest absolute Gasteiger partial charge is 0.315 e.